The lowest BCUT2D eigenvalue weighted by molar-refractivity contribution is 0.0783. The molecule has 1 aromatic rings. The fourth-order valence-electron chi connectivity index (χ4n) is 1.74. The van der Waals surface area contributed by atoms with E-state index in [1.807, 2.05) is 0 Å². The van der Waals surface area contributed by atoms with E-state index in [0.717, 1.165) is 0 Å². The van der Waals surface area contributed by atoms with Gasteiger partial charge in [-0.05, 0) is 24.6 Å². The Labute approximate surface area is 98.0 Å². The number of carbonyl (C=O) groups is 1. The molecule has 1 heterocycles. The van der Waals surface area contributed by atoms with Crippen molar-refractivity contribution >= 4 is 23.2 Å². The molecule has 16 heavy (non-hydrogen) atoms. The molecule has 2 rings (SSSR count). The largest absolute Gasteiger partial charge is 0.398 e. The summed E-state index contributed by atoms with van der Waals surface area (Å²) in [5.41, 5.74) is 6.43. The minimum Gasteiger partial charge on any atom is -0.398 e. The number of amides is 1. The van der Waals surface area contributed by atoms with Gasteiger partial charge >= 0.3 is 0 Å². The predicted molar refractivity (Wildman–Crippen MR) is 61.3 cm³/mol. The summed E-state index contributed by atoms with van der Waals surface area (Å²) in [4.78, 5) is 13.4. The zero-order valence-corrected chi connectivity index (χ0v) is 9.38. The second-order valence-corrected chi connectivity index (χ2v) is 4.28. The molecule has 3 nitrogen and oxygen atoms in total. The van der Waals surface area contributed by atoms with E-state index >= 15 is 0 Å². The van der Waals surface area contributed by atoms with Gasteiger partial charge in [-0.15, -0.1) is 0 Å². The molecule has 1 saturated heterocycles. The van der Waals surface area contributed by atoms with Gasteiger partial charge in [-0.2, -0.15) is 0 Å². The third-order valence-electron chi connectivity index (χ3n) is 2.67. The van der Waals surface area contributed by atoms with Gasteiger partial charge in [0.15, 0.2) is 0 Å². The summed E-state index contributed by atoms with van der Waals surface area (Å²) in [6.45, 7) is 0.628. The molecule has 5 heteroatoms. The van der Waals surface area contributed by atoms with Gasteiger partial charge in [-0.3, -0.25) is 4.79 Å². The topological polar surface area (TPSA) is 46.3 Å². The zero-order chi connectivity index (χ0) is 11.7. The number of hydrogen-bond donors (Lipinski definition) is 1. The monoisotopic (exact) mass is 242 g/mol. The van der Waals surface area contributed by atoms with Gasteiger partial charge in [0, 0.05) is 12.1 Å². The molecule has 0 bridgehead atoms. The molecule has 1 atom stereocenters. The summed E-state index contributed by atoms with van der Waals surface area (Å²) in [6.07, 6.45) is -0.498. The molecule has 1 aliphatic heterocycles. The maximum absolute atomic E-state index is 13.0. The molecular formula is C11H12ClFN2O. The molecule has 0 radical (unpaired) electrons. The SMILES string of the molecule is Nc1ccc(C(=O)N2CCC(F)C2)cc1Cl. The second-order valence-electron chi connectivity index (χ2n) is 3.87. The highest BCUT2D eigenvalue weighted by atomic mass is 35.5. The van der Waals surface area contributed by atoms with E-state index in [-0.39, 0.29) is 12.5 Å². The van der Waals surface area contributed by atoms with Crippen molar-refractivity contribution in [2.45, 2.75) is 12.6 Å². The lowest BCUT2D eigenvalue weighted by Gasteiger charge is -2.15. The van der Waals surface area contributed by atoms with Crippen LogP contribution in [0.5, 0.6) is 0 Å². The first-order chi connectivity index (χ1) is 7.58. The first-order valence-corrected chi connectivity index (χ1v) is 5.44. The van der Waals surface area contributed by atoms with Crippen LogP contribution in [0.3, 0.4) is 0 Å². The van der Waals surface area contributed by atoms with E-state index in [4.69, 9.17) is 17.3 Å². The van der Waals surface area contributed by atoms with Crippen LogP contribution in [0.15, 0.2) is 18.2 Å². The first-order valence-electron chi connectivity index (χ1n) is 5.06. The van der Waals surface area contributed by atoms with Crippen molar-refractivity contribution in [3.63, 3.8) is 0 Å². The summed E-state index contributed by atoms with van der Waals surface area (Å²) < 4.78 is 13.0. The average Bonchev–Trinajstić information content (AvgIpc) is 2.68. The third-order valence-corrected chi connectivity index (χ3v) is 2.99. The molecule has 0 aliphatic carbocycles. The Hall–Kier alpha value is -1.29. The average molecular weight is 243 g/mol. The lowest BCUT2D eigenvalue weighted by atomic mass is 10.2. The van der Waals surface area contributed by atoms with Gasteiger partial charge in [0.05, 0.1) is 17.3 Å². The summed E-state index contributed by atoms with van der Waals surface area (Å²) in [5.74, 6) is -0.193. The summed E-state index contributed by atoms with van der Waals surface area (Å²) >= 11 is 5.82. The molecule has 1 aliphatic rings. The molecule has 0 aromatic heterocycles. The van der Waals surface area contributed by atoms with Crippen molar-refractivity contribution in [2.75, 3.05) is 18.8 Å². The minimum absolute atomic E-state index is 0.167. The van der Waals surface area contributed by atoms with Crippen molar-refractivity contribution in [1.82, 2.24) is 4.90 Å². The highest BCUT2D eigenvalue weighted by Gasteiger charge is 2.26. The molecule has 1 fully saturated rings. The van der Waals surface area contributed by atoms with Crippen LogP contribution in [0.4, 0.5) is 10.1 Å². The van der Waals surface area contributed by atoms with Crippen molar-refractivity contribution in [1.29, 1.82) is 0 Å². The van der Waals surface area contributed by atoms with E-state index in [9.17, 15) is 9.18 Å². The van der Waals surface area contributed by atoms with Crippen LogP contribution >= 0.6 is 11.6 Å². The van der Waals surface area contributed by atoms with E-state index in [1.54, 1.807) is 12.1 Å². The van der Waals surface area contributed by atoms with Crippen molar-refractivity contribution < 1.29 is 9.18 Å². The van der Waals surface area contributed by atoms with E-state index in [2.05, 4.69) is 0 Å². The van der Waals surface area contributed by atoms with E-state index in [0.29, 0.717) is 29.2 Å². The van der Waals surface area contributed by atoms with Crippen LogP contribution < -0.4 is 5.73 Å². The Bertz CT molecular complexity index is 424. The third kappa shape index (κ3) is 2.11. The van der Waals surface area contributed by atoms with Crippen LogP contribution in [-0.4, -0.2) is 30.1 Å². The van der Waals surface area contributed by atoms with Gasteiger partial charge < -0.3 is 10.6 Å². The summed E-state index contributed by atoms with van der Waals surface area (Å²) in [6, 6.07) is 4.71. The maximum Gasteiger partial charge on any atom is 0.254 e. The molecule has 1 aromatic carbocycles. The number of alkyl halides is 1. The number of halogens is 2. The highest BCUT2D eigenvalue weighted by Crippen LogP contribution is 2.22. The molecule has 1 unspecified atom stereocenters. The minimum atomic E-state index is -0.909. The van der Waals surface area contributed by atoms with Gasteiger partial charge in [0.25, 0.3) is 5.91 Å². The van der Waals surface area contributed by atoms with Crippen molar-refractivity contribution in [2.24, 2.45) is 0 Å². The van der Waals surface area contributed by atoms with Crippen LogP contribution in [-0.2, 0) is 0 Å². The summed E-state index contributed by atoms with van der Waals surface area (Å²) in [7, 11) is 0. The molecule has 86 valence electrons. The Kier molecular flexibility index (Phi) is 3.01. The fraction of sp³-hybridized carbons (Fsp3) is 0.364. The van der Waals surface area contributed by atoms with Crippen molar-refractivity contribution in [3.8, 4) is 0 Å². The maximum atomic E-state index is 13.0. The van der Waals surface area contributed by atoms with Crippen LogP contribution in [0, 0.1) is 0 Å². The first kappa shape index (κ1) is 11.2. The number of benzene rings is 1. The Morgan fingerprint density at radius 3 is 2.88 bits per heavy atom. The number of rotatable bonds is 1. The number of hydrogen-bond acceptors (Lipinski definition) is 2. The van der Waals surface area contributed by atoms with E-state index < -0.39 is 6.17 Å². The number of likely N-dealkylation sites (tertiary alicyclic amines) is 1. The van der Waals surface area contributed by atoms with Gasteiger partial charge in [0.1, 0.15) is 6.17 Å². The quantitative estimate of drug-likeness (QED) is 0.767. The van der Waals surface area contributed by atoms with Gasteiger partial charge in [-0.25, -0.2) is 4.39 Å². The van der Waals surface area contributed by atoms with Crippen LogP contribution in [0.1, 0.15) is 16.8 Å². The fourth-order valence-corrected chi connectivity index (χ4v) is 1.93. The number of carbonyl (C=O) groups excluding carboxylic acids is 1. The smallest absolute Gasteiger partial charge is 0.254 e. The number of nitrogens with zero attached hydrogens (tertiary/aromatic N) is 1. The molecule has 2 N–H and O–H groups in total. The number of anilines is 1. The van der Waals surface area contributed by atoms with Gasteiger partial charge in [0.2, 0.25) is 0 Å². The molecule has 0 spiro atoms. The number of nitrogens with two attached hydrogens (primary N) is 1. The highest BCUT2D eigenvalue weighted by molar-refractivity contribution is 6.33. The molecule has 1 amide bonds. The standard InChI is InChI=1S/C11H12ClFN2O/c12-9-5-7(1-2-10(9)14)11(16)15-4-3-8(13)6-15/h1-2,5,8H,3-4,6,14H2. The Morgan fingerprint density at radius 1 is 1.56 bits per heavy atom. The Morgan fingerprint density at radius 2 is 2.31 bits per heavy atom. The normalized spacial score (nSPS) is 20.1. The molecular weight excluding hydrogens is 231 g/mol. The summed E-state index contributed by atoms with van der Waals surface area (Å²) in [5, 5.41) is 0.349. The molecule has 0 saturated carbocycles. The van der Waals surface area contributed by atoms with Crippen molar-refractivity contribution in [3.05, 3.63) is 28.8 Å². The zero-order valence-electron chi connectivity index (χ0n) is 8.62. The second kappa shape index (κ2) is 4.29. The van der Waals surface area contributed by atoms with Gasteiger partial charge in [-0.1, -0.05) is 11.6 Å². The number of nitrogen functional groups attached to an aromatic ring is 1. The lowest BCUT2D eigenvalue weighted by Crippen LogP contribution is -2.28. The van der Waals surface area contributed by atoms with Crippen LogP contribution in [0.25, 0.3) is 0 Å². The predicted octanol–water partition coefficient (Wildman–Crippen LogP) is 2.11. The Balaban J connectivity index is 2.18. The van der Waals surface area contributed by atoms with E-state index in [1.165, 1.54) is 11.0 Å². The van der Waals surface area contributed by atoms with Crippen LogP contribution in [0.2, 0.25) is 5.02 Å².